The van der Waals surface area contributed by atoms with E-state index >= 15 is 0 Å². The van der Waals surface area contributed by atoms with E-state index in [2.05, 4.69) is 11.1 Å². The number of rotatable bonds is 6. The van der Waals surface area contributed by atoms with Gasteiger partial charge >= 0.3 is 5.97 Å². The molecular formula is C16H18N2O2S. The van der Waals surface area contributed by atoms with Crippen LogP contribution in [-0.2, 0) is 16.0 Å². The van der Waals surface area contributed by atoms with Gasteiger partial charge in [0.1, 0.15) is 6.10 Å². The number of nitrogens with zero attached hydrogens (tertiary/aromatic N) is 2. The molecule has 1 unspecified atom stereocenters. The zero-order valence-corrected chi connectivity index (χ0v) is 13.0. The number of esters is 1. The number of fused-ring (bicyclic) bond motifs is 1. The molecule has 21 heavy (non-hydrogen) atoms. The highest BCUT2D eigenvalue weighted by Crippen LogP contribution is 2.22. The van der Waals surface area contributed by atoms with E-state index in [-0.39, 0.29) is 24.4 Å². The second-order valence-corrected chi connectivity index (χ2v) is 6.33. The van der Waals surface area contributed by atoms with Gasteiger partial charge in [-0.25, -0.2) is 4.98 Å². The van der Waals surface area contributed by atoms with Crippen LogP contribution >= 0.6 is 11.3 Å². The minimum absolute atomic E-state index is 0.149. The molecule has 1 aromatic carbocycles. The fraction of sp³-hybridized carbons (Fsp3) is 0.438. The van der Waals surface area contributed by atoms with Gasteiger partial charge < -0.3 is 4.74 Å². The number of thiazole rings is 1. The van der Waals surface area contributed by atoms with Gasteiger partial charge in [-0.3, -0.25) is 4.79 Å². The Labute approximate surface area is 128 Å². The number of carbonyl (C=O) groups is 1. The van der Waals surface area contributed by atoms with Crippen LogP contribution in [0.5, 0.6) is 0 Å². The van der Waals surface area contributed by atoms with Crippen LogP contribution in [0.2, 0.25) is 0 Å². The van der Waals surface area contributed by atoms with Crippen molar-refractivity contribution in [3.8, 4) is 6.07 Å². The Bertz CT molecular complexity index is 625. The minimum atomic E-state index is -0.321. The first-order valence-corrected chi connectivity index (χ1v) is 7.82. The minimum Gasteiger partial charge on any atom is -0.461 e. The molecule has 4 nitrogen and oxygen atoms in total. The molecule has 5 heteroatoms. The van der Waals surface area contributed by atoms with Gasteiger partial charge in [-0.1, -0.05) is 26.0 Å². The molecule has 0 aliphatic carbocycles. The zero-order valence-electron chi connectivity index (χ0n) is 12.2. The van der Waals surface area contributed by atoms with Crippen molar-refractivity contribution in [3.63, 3.8) is 0 Å². The molecule has 1 heterocycles. The van der Waals surface area contributed by atoms with Crippen LogP contribution in [0.4, 0.5) is 0 Å². The van der Waals surface area contributed by atoms with Crippen molar-refractivity contribution in [1.82, 2.24) is 4.98 Å². The Kier molecular flexibility index (Phi) is 5.29. The standard InChI is InChI=1S/C16H18N2O2S/c1-11(2)13(9-10-17)20-16(19)8-7-15-18-12-5-3-4-6-14(12)21-15/h3-6,11,13H,7-9H2,1-2H3. The number of nitriles is 1. The fourth-order valence-corrected chi connectivity index (χ4v) is 2.93. The van der Waals surface area contributed by atoms with Crippen LogP contribution in [0.1, 0.15) is 31.7 Å². The van der Waals surface area contributed by atoms with Gasteiger partial charge in [-0.05, 0) is 18.1 Å². The Balaban J connectivity index is 1.90. The Morgan fingerprint density at radius 3 is 2.86 bits per heavy atom. The molecule has 0 amide bonds. The van der Waals surface area contributed by atoms with Gasteiger partial charge in [-0.2, -0.15) is 5.26 Å². The highest BCUT2D eigenvalue weighted by molar-refractivity contribution is 7.18. The molecule has 0 fully saturated rings. The first kappa shape index (κ1) is 15.5. The van der Waals surface area contributed by atoms with Crippen molar-refractivity contribution >= 4 is 27.5 Å². The topological polar surface area (TPSA) is 63.0 Å². The molecule has 2 aromatic rings. The van der Waals surface area contributed by atoms with E-state index in [4.69, 9.17) is 10.00 Å². The molecule has 2 rings (SSSR count). The number of benzene rings is 1. The van der Waals surface area contributed by atoms with Crippen LogP contribution in [0.25, 0.3) is 10.2 Å². The normalized spacial score (nSPS) is 12.3. The zero-order chi connectivity index (χ0) is 15.2. The van der Waals surface area contributed by atoms with E-state index in [1.807, 2.05) is 38.1 Å². The first-order valence-electron chi connectivity index (χ1n) is 7.01. The van der Waals surface area contributed by atoms with E-state index in [9.17, 15) is 4.79 Å². The molecule has 110 valence electrons. The Morgan fingerprint density at radius 2 is 2.19 bits per heavy atom. The van der Waals surface area contributed by atoms with Crippen LogP contribution in [0.3, 0.4) is 0 Å². The molecule has 0 N–H and O–H groups in total. The predicted molar refractivity (Wildman–Crippen MR) is 82.9 cm³/mol. The largest absolute Gasteiger partial charge is 0.461 e. The lowest BCUT2D eigenvalue weighted by Crippen LogP contribution is -2.23. The van der Waals surface area contributed by atoms with Crippen molar-refractivity contribution in [3.05, 3.63) is 29.3 Å². The molecule has 0 saturated heterocycles. The molecule has 0 aliphatic heterocycles. The average molecular weight is 302 g/mol. The third-order valence-electron chi connectivity index (χ3n) is 3.20. The monoisotopic (exact) mass is 302 g/mol. The van der Waals surface area contributed by atoms with Gasteiger partial charge in [-0.15, -0.1) is 11.3 Å². The van der Waals surface area contributed by atoms with Gasteiger partial charge in [0.15, 0.2) is 0 Å². The maximum atomic E-state index is 11.9. The summed E-state index contributed by atoms with van der Waals surface area (Å²) in [6, 6.07) is 9.98. The van der Waals surface area contributed by atoms with Crippen molar-refractivity contribution in [1.29, 1.82) is 5.26 Å². The summed E-state index contributed by atoms with van der Waals surface area (Å²) in [6.07, 6.45) is 0.798. The molecule has 0 spiro atoms. The number of hydrogen-bond donors (Lipinski definition) is 0. The second-order valence-electron chi connectivity index (χ2n) is 5.21. The molecule has 1 aromatic heterocycles. The highest BCUT2D eigenvalue weighted by Gasteiger charge is 2.18. The number of carbonyl (C=O) groups excluding carboxylic acids is 1. The van der Waals surface area contributed by atoms with Gasteiger partial charge in [0.05, 0.1) is 34.1 Å². The highest BCUT2D eigenvalue weighted by atomic mass is 32.1. The third kappa shape index (κ3) is 4.27. The second kappa shape index (κ2) is 7.19. The molecule has 0 saturated carbocycles. The number of para-hydroxylation sites is 1. The van der Waals surface area contributed by atoms with Crippen LogP contribution < -0.4 is 0 Å². The predicted octanol–water partition coefficient (Wildman–Crippen LogP) is 3.71. The van der Waals surface area contributed by atoms with Gasteiger partial charge in [0.25, 0.3) is 0 Å². The van der Waals surface area contributed by atoms with Crippen molar-refractivity contribution in [2.24, 2.45) is 5.92 Å². The maximum Gasteiger partial charge on any atom is 0.306 e. The molecule has 0 aliphatic rings. The van der Waals surface area contributed by atoms with E-state index in [0.29, 0.717) is 12.8 Å². The smallest absolute Gasteiger partial charge is 0.306 e. The first-order chi connectivity index (χ1) is 10.1. The lowest BCUT2D eigenvalue weighted by atomic mass is 10.1. The maximum absolute atomic E-state index is 11.9. The van der Waals surface area contributed by atoms with Crippen molar-refractivity contribution in [2.45, 2.75) is 39.2 Å². The number of aryl methyl sites for hydroxylation is 1. The summed E-state index contributed by atoms with van der Waals surface area (Å²) in [5.41, 5.74) is 0.968. The van der Waals surface area contributed by atoms with E-state index in [0.717, 1.165) is 15.2 Å². The third-order valence-corrected chi connectivity index (χ3v) is 4.30. The van der Waals surface area contributed by atoms with E-state index in [1.54, 1.807) is 11.3 Å². The van der Waals surface area contributed by atoms with Crippen LogP contribution in [-0.4, -0.2) is 17.1 Å². The summed E-state index contributed by atoms with van der Waals surface area (Å²) in [5, 5.41) is 9.68. The molecule has 1 atom stereocenters. The van der Waals surface area contributed by atoms with E-state index in [1.165, 1.54) is 0 Å². The van der Waals surface area contributed by atoms with Gasteiger partial charge in [0.2, 0.25) is 0 Å². The molecular weight excluding hydrogens is 284 g/mol. The summed E-state index contributed by atoms with van der Waals surface area (Å²) >= 11 is 1.60. The fourth-order valence-electron chi connectivity index (χ4n) is 1.97. The summed E-state index contributed by atoms with van der Waals surface area (Å²) in [5.74, 6) is -0.112. The Hall–Kier alpha value is -1.93. The molecule has 0 bridgehead atoms. The van der Waals surface area contributed by atoms with Crippen LogP contribution in [0, 0.1) is 17.2 Å². The Morgan fingerprint density at radius 1 is 1.43 bits per heavy atom. The SMILES string of the molecule is CC(C)C(CC#N)OC(=O)CCc1nc2ccccc2s1. The number of ether oxygens (including phenoxy) is 1. The summed E-state index contributed by atoms with van der Waals surface area (Å²) in [4.78, 5) is 16.4. The average Bonchev–Trinajstić information content (AvgIpc) is 2.87. The molecule has 0 radical (unpaired) electrons. The summed E-state index contributed by atoms with van der Waals surface area (Å²) in [7, 11) is 0. The quantitative estimate of drug-likeness (QED) is 0.763. The van der Waals surface area contributed by atoms with Crippen LogP contribution in [0.15, 0.2) is 24.3 Å². The lowest BCUT2D eigenvalue weighted by Gasteiger charge is -2.18. The van der Waals surface area contributed by atoms with Gasteiger partial charge in [0, 0.05) is 6.42 Å². The summed E-state index contributed by atoms with van der Waals surface area (Å²) < 4.78 is 6.49. The lowest BCUT2D eigenvalue weighted by molar-refractivity contribution is -0.150. The summed E-state index contributed by atoms with van der Waals surface area (Å²) in [6.45, 7) is 3.89. The van der Waals surface area contributed by atoms with Crippen molar-refractivity contribution in [2.75, 3.05) is 0 Å². The van der Waals surface area contributed by atoms with E-state index < -0.39 is 0 Å². The van der Waals surface area contributed by atoms with Crippen molar-refractivity contribution < 1.29 is 9.53 Å². The number of hydrogen-bond acceptors (Lipinski definition) is 5. The number of aromatic nitrogens is 1.